The molecular formula is C12H14BrN3. The van der Waals surface area contributed by atoms with Crippen LogP contribution < -0.4 is 5.73 Å². The molecule has 0 spiro atoms. The Morgan fingerprint density at radius 3 is 2.62 bits per heavy atom. The van der Waals surface area contributed by atoms with E-state index in [4.69, 9.17) is 5.73 Å². The first-order valence-corrected chi connectivity index (χ1v) is 5.91. The molecule has 0 aliphatic rings. The van der Waals surface area contributed by atoms with Crippen molar-refractivity contribution in [2.45, 2.75) is 13.5 Å². The first-order valence-electron chi connectivity index (χ1n) is 5.12. The van der Waals surface area contributed by atoms with Crippen molar-refractivity contribution in [2.24, 2.45) is 12.8 Å². The zero-order chi connectivity index (χ0) is 11.7. The van der Waals surface area contributed by atoms with E-state index in [-0.39, 0.29) is 0 Å². The fraction of sp³-hybridized carbons (Fsp3) is 0.250. The minimum Gasteiger partial charge on any atom is -0.330 e. The summed E-state index contributed by atoms with van der Waals surface area (Å²) in [6, 6.07) is 8.06. The second-order valence-corrected chi connectivity index (χ2v) is 4.56. The number of nitrogens with two attached hydrogens (primary N) is 1. The molecule has 0 bridgehead atoms. The zero-order valence-corrected chi connectivity index (χ0v) is 11.0. The number of hydrogen-bond acceptors (Lipinski definition) is 2. The fourth-order valence-corrected chi connectivity index (χ4v) is 2.30. The molecule has 0 saturated carbocycles. The van der Waals surface area contributed by atoms with Crippen LogP contribution in [0.25, 0.3) is 11.4 Å². The topological polar surface area (TPSA) is 43.8 Å². The van der Waals surface area contributed by atoms with Gasteiger partial charge in [-0.15, -0.1) is 0 Å². The molecule has 0 unspecified atom stereocenters. The van der Waals surface area contributed by atoms with Gasteiger partial charge in [0, 0.05) is 23.6 Å². The average Bonchev–Trinajstić information content (AvgIpc) is 2.55. The van der Waals surface area contributed by atoms with E-state index in [0.717, 1.165) is 27.2 Å². The van der Waals surface area contributed by atoms with Crippen molar-refractivity contribution in [1.82, 2.24) is 9.55 Å². The van der Waals surface area contributed by atoms with Gasteiger partial charge >= 0.3 is 0 Å². The molecule has 16 heavy (non-hydrogen) atoms. The lowest BCUT2D eigenvalue weighted by atomic mass is 10.2. The molecule has 1 heterocycles. The molecule has 3 nitrogen and oxygen atoms in total. The summed E-state index contributed by atoms with van der Waals surface area (Å²) in [4.78, 5) is 4.57. The van der Waals surface area contributed by atoms with E-state index in [2.05, 4.69) is 25.5 Å². The lowest BCUT2D eigenvalue weighted by Crippen LogP contribution is -2.05. The Bertz CT molecular complexity index is 517. The SMILES string of the molecule is Cc1nc(-c2ccccc2Br)n(C)c1CN. The molecule has 4 heteroatoms. The molecule has 84 valence electrons. The summed E-state index contributed by atoms with van der Waals surface area (Å²) in [5, 5.41) is 0. The maximum Gasteiger partial charge on any atom is 0.141 e. The highest BCUT2D eigenvalue weighted by Gasteiger charge is 2.13. The Balaban J connectivity index is 2.62. The first kappa shape index (κ1) is 11.4. The summed E-state index contributed by atoms with van der Waals surface area (Å²) in [5.41, 5.74) is 8.87. The molecule has 2 rings (SSSR count). The van der Waals surface area contributed by atoms with Crippen LogP contribution in [0.3, 0.4) is 0 Å². The van der Waals surface area contributed by atoms with Crippen molar-refractivity contribution in [2.75, 3.05) is 0 Å². The van der Waals surface area contributed by atoms with Gasteiger partial charge in [0.2, 0.25) is 0 Å². The number of imidazole rings is 1. The van der Waals surface area contributed by atoms with E-state index in [9.17, 15) is 0 Å². The Morgan fingerprint density at radius 1 is 1.38 bits per heavy atom. The highest BCUT2D eigenvalue weighted by atomic mass is 79.9. The number of rotatable bonds is 2. The van der Waals surface area contributed by atoms with Gasteiger partial charge in [-0.1, -0.05) is 34.1 Å². The minimum absolute atomic E-state index is 0.514. The van der Waals surface area contributed by atoms with E-state index in [1.807, 2.05) is 38.2 Å². The second kappa shape index (κ2) is 4.39. The number of aromatic nitrogens is 2. The van der Waals surface area contributed by atoms with Gasteiger partial charge in [-0.2, -0.15) is 0 Å². The highest BCUT2D eigenvalue weighted by Crippen LogP contribution is 2.28. The number of hydrogen-bond donors (Lipinski definition) is 1. The van der Waals surface area contributed by atoms with Gasteiger partial charge in [0.15, 0.2) is 0 Å². The van der Waals surface area contributed by atoms with Gasteiger partial charge in [0.1, 0.15) is 5.82 Å². The highest BCUT2D eigenvalue weighted by molar-refractivity contribution is 9.10. The molecule has 0 amide bonds. The van der Waals surface area contributed by atoms with Crippen LogP contribution in [0.5, 0.6) is 0 Å². The van der Waals surface area contributed by atoms with Crippen molar-refractivity contribution >= 4 is 15.9 Å². The van der Waals surface area contributed by atoms with Crippen LogP contribution in [0.2, 0.25) is 0 Å². The predicted molar refractivity (Wildman–Crippen MR) is 69.0 cm³/mol. The maximum absolute atomic E-state index is 5.71. The van der Waals surface area contributed by atoms with Crippen LogP contribution in [-0.2, 0) is 13.6 Å². The second-order valence-electron chi connectivity index (χ2n) is 3.71. The lowest BCUT2D eigenvalue weighted by molar-refractivity contribution is 0.822. The van der Waals surface area contributed by atoms with Crippen molar-refractivity contribution in [3.05, 3.63) is 40.1 Å². The van der Waals surface area contributed by atoms with Gasteiger partial charge in [0.05, 0.1) is 11.4 Å². The summed E-state index contributed by atoms with van der Waals surface area (Å²) < 4.78 is 3.10. The van der Waals surface area contributed by atoms with Crippen molar-refractivity contribution in [1.29, 1.82) is 0 Å². The van der Waals surface area contributed by atoms with Crippen LogP contribution in [0.15, 0.2) is 28.7 Å². The molecule has 1 aromatic carbocycles. The smallest absolute Gasteiger partial charge is 0.141 e. The number of halogens is 1. The number of nitrogens with zero attached hydrogens (tertiary/aromatic N) is 2. The molecule has 1 aromatic heterocycles. The number of benzene rings is 1. The van der Waals surface area contributed by atoms with E-state index < -0.39 is 0 Å². The standard InChI is InChI=1S/C12H14BrN3/c1-8-11(7-14)16(2)12(15-8)9-5-3-4-6-10(9)13/h3-6H,7,14H2,1-2H3. The molecule has 0 aliphatic carbocycles. The van der Waals surface area contributed by atoms with E-state index in [1.165, 1.54) is 0 Å². The number of aryl methyl sites for hydroxylation is 1. The summed E-state index contributed by atoms with van der Waals surface area (Å²) in [7, 11) is 2.00. The summed E-state index contributed by atoms with van der Waals surface area (Å²) in [5.74, 6) is 0.949. The van der Waals surface area contributed by atoms with E-state index in [1.54, 1.807) is 0 Å². The molecule has 0 radical (unpaired) electrons. The van der Waals surface area contributed by atoms with Gasteiger partial charge in [-0.3, -0.25) is 0 Å². The minimum atomic E-state index is 0.514. The molecule has 0 saturated heterocycles. The van der Waals surface area contributed by atoms with Crippen molar-refractivity contribution in [3.63, 3.8) is 0 Å². The van der Waals surface area contributed by atoms with Crippen molar-refractivity contribution < 1.29 is 0 Å². The zero-order valence-electron chi connectivity index (χ0n) is 9.37. The fourth-order valence-electron chi connectivity index (χ4n) is 1.84. The van der Waals surface area contributed by atoms with E-state index >= 15 is 0 Å². The lowest BCUT2D eigenvalue weighted by Gasteiger charge is -2.06. The monoisotopic (exact) mass is 279 g/mol. The molecule has 0 fully saturated rings. The van der Waals surface area contributed by atoms with Crippen LogP contribution in [0.1, 0.15) is 11.4 Å². The van der Waals surface area contributed by atoms with Crippen LogP contribution in [0, 0.1) is 6.92 Å². The quantitative estimate of drug-likeness (QED) is 0.919. The molecule has 0 aliphatic heterocycles. The van der Waals surface area contributed by atoms with Gasteiger partial charge in [-0.05, 0) is 13.0 Å². The third kappa shape index (κ3) is 1.79. The Morgan fingerprint density at radius 2 is 2.06 bits per heavy atom. The Kier molecular flexibility index (Phi) is 3.12. The summed E-state index contributed by atoms with van der Waals surface area (Å²) in [6.45, 7) is 2.50. The van der Waals surface area contributed by atoms with Gasteiger partial charge in [0.25, 0.3) is 0 Å². The third-order valence-corrected chi connectivity index (χ3v) is 3.41. The molecule has 2 aromatic rings. The van der Waals surface area contributed by atoms with Gasteiger partial charge < -0.3 is 10.3 Å². The maximum atomic E-state index is 5.71. The van der Waals surface area contributed by atoms with Crippen LogP contribution in [-0.4, -0.2) is 9.55 Å². The molecule has 0 atom stereocenters. The van der Waals surface area contributed by atoms with Crippen molar-refractivity contribution in [3.8, 4) is 11.4 Å². The summed E-state index contributed by atoms with van der Waals surface area (Å²) >= 11 is 3.54. The average molecular weight is 280 g/mol. The normalized spacial score (nSPS) is 10.8. The predicted octanol–water partition coefficient (Wildman–Crippen LogP) is 2.62. The summed E-state index contributed by atoms with van der Waals surface area (Å²) in [6.07, 6.45) is 0. The Hall–Kier alpha value is -1.13. The van der Waals surface area contributed by atoms with Crippen LogP contribution >= 0.6 is 15.9 Å². The van der Waals surface area contributed by atoms with E-state index in [0.29, 0.717) is 6.54 Å². The Labute approximate surface area is 103 Å². The largest absolute Gasteiger partial charge is 0.330 e. The molecule has 2 N–H and O–H groups in total. The van der Waals surface area contributed by atoms with Gasteiger partial charge in [-0.25, -0.2) is 4.98 Å². The van der Waals surface area contributed by atoms with Crippen LogP contribution in [0.4, 0.5) is 0 Å². The third-order valence-electron chi connectivity index (χ3n) is 2.72. The molecular weight excluding hydrogens is 266 g/mol. The first-order chi connectivity index (χ1) is 7.65.